The van der Waals surface area contributed by atoms with Crippen LogP contribution in [0.2, 0.25) is 0 Å². The number of hydrogen-bond acceptors (Lipinski definition) is 7. The molecular formula is C15H29N3O4. The summed E-state index contributed by atoms with van der Waals surface area (Å²) in [6.45, 7) is 0.781. The molecule has 1 saturated carbocycles. The highest BCUT2D eigenvalue weighted by molar-refractivity contribution is 5.75. The van der Waals surface area contributed by atoms with Crippen molar-refractivity contribution in [3.63, 3.8) is 0 Å². The number of hydrogen-bond donors (Lipinski definition) is 5. The van der Waals surface area contributed by atoms with Crippen molar-refractivity contribution < 1.29 is 19.7 Å². The van der Waals surface area contributed by atoms with E-state index in [1.165, 1.54) is 20.0 Å². The Bertz CT molecular complexity index is 365. The van der Waals surface area contributed by atoms with Crippen LogP contribution in [0, 0.1) is 11.8 Å². The van der Waals surface area contributed by atoms with Crippen LogP contribution >= 0.6 is 0 Å². The predicted molar refractivity (Wildman–Crippen MR) is 81.6 cm³/mol. The van der Waals surface area contributed by atoms with Crippen molar-refractivity contribution in [2.45, 2.75) is 63.1 Å². The van der Waals surface area contributed by atoms with E-state index in [1.54, 1.807) is 0 Å². The monoisotopic (exact) mass is 315 g/mol. The Kier molecular flexibility index (Phi) is 6.58. The smallest absolute Gasteiger partial charge is 0.322 e. The Morgan fingerprint density at radius 1 is 1.41 bits per heavy atom. The van der Waals surface area contributed by atoms with Gasteiger partial charge in [0.2, 0.25) is 0 Å². The summed E-state index contributed by atoms with van der Waals surface area (Å²) in [5, 5.41) is 26.0. The van der Waals surface area contributed by atoms with Gasteiger partial charge in [-0.1, -0.05) is 12.8 Å². The standard InChI is InChI=1S/C15H29N3O4/c1-22-15(21)12(8-10-3-2-6-17-13(10)19)18-14(20)11(16)7-9-4-5-9/h9-14,17-20H,2-8,16H2,1H3/t10-,11-,12-,13?,14?/m0/s1. The third-order valence-corrected chi connectivity index (χ3v) is 4.66. The first-order chi connectivity index (χ1) is 10.5. The number of aliphatic hydroxyl groups excluding tert-OH is 2. The zero-order chi connectivity index (χ0) is 16.1. The van der Waals surface area contributed by atoms with Crippen LogP contribution < -0.4 is 16.4 Å². The molecule has 1 aliphatic heterocycles. The summed E-state index contributed by atoms with van der Waals surface area (Å²) in [5.41, 5.74) is 5.98. The average Bonchev–Trinajstić information content (AvgIpc) is 3.31. The van der Waals surface area contributed by atoms with Gasteiger partial charge in [-0.2, -0.15) is 0 Å². The molecule has 0 aromatic heterocycles. The van der Waals surface area contributed by atoms with Gasteiger partial charge in [-0.3, -0.25) is 15.4 Å². The van der Waals surface area contributed by atoms with Gasteiger partial charge >= 0.3 is 5.97 Å². The van der Waals surface area contributed by atoms with Crippen LogP contribution in [0.3, 0.4) is 0 Å². The molecule has 0 bridgehead atoms. The fraction of sp³-hybridized carbons (Fsp3) is 0.933. The lowest BCUT2D eigenvalue weighted by atomic mass is 9.90. The highest BCUT2D eigenvalue weighted by Gasteiger charge is 2.33. The van der Waals surface area contributed by atoms with Crippen molar-refractivity contribution in [1.82, 2.24) is 10.6 Å². The lowest BCUT2D eigenvalue weighted by Crippen LogP contribution is -2.54. The van der Waals surface area contributed by atoms with Crippen molar-refractivity contribution in [1.29, 1.82) is 0 Å². The van der Waals surface area contributed by atoms with E-state index in [9.17, 15) is 15.0 Å². The number of methoxy groups -OCH3 is 1. The molecule has 0 spiro atoms. The molecule has 22 heavy (non-hydrogen) atoms. The van der Waals surface area contributed by atoms with Crippen LogP contribution in [0.4, 0.5) is 0 Å². The number of ether oxygens (including phenoxy) is 1. The van der Waals surface area contributed by atoms with Gasteiger partial charge in [-0.25, -0.2) is 0 Å². The lowest BCUT2D eigenvalue weighted by Gasteiger charge is -2.32. The predicted octanol–water partition coefficient (Wildman–Crippen LogP) is -0.728. The fourth-order valence-corrected chi connectivity index (χ4v) is 3.06. The topological polar surface area (TPSA) is 117 Å². The van der Waals surface area contributed by atoms with Crippen molar-refractivity contribution in [3.05, 3.63) is 0 Å². The summed E-state index contributed by atoms with van der Waals surface area (Å²) >= 11 is 0. The average molecular weight is 315 g/mol. The van der Waals surface area contributed by atoms with Crippen molar-refractivity contribution in [2.24, 2.45) is 17.6 Å². The van der Waals surface area contributed by atoms with Crippen LogP contribution in [-0.4, -0.2) is 54.4 Å². The molecule has 0 radical (unpaired) electrons. The van der Waals surface area contributed by atoms with E-state index in [0.717, 1.165) is 25.8 Å². The molecule has 128 valence electrons. The molecule has 1 heterocycles. The number of carbonyl (C=O) groups excluding carboxylic acids is 1. The summed E-state index contributed by atoms with van der Waals surface area (Å²) in [6, 6.07) is -1.06. The molecule has 0 aromatic carbocycles. The first-order valence-corrected chi connectivity index (χ1v) is 8.20. The molecule has 2 fully saturated rings. The summed E-state index contributed by atoms with van der Waals surface area (Å²) in [5.74, 6) is 0.125. The number of rotatable bonds is 8. The Hall–Kier alpha value is -0.730. The second-order valence-electron chi connectivity index (χ2n) is 6.57. The van der Waals surface area contributed by atoms with Crippen molar-refractivity contribution in [3.8, 4) is 0 Å². The zero-order valence-electron chi connectivity index (χ0n) is 13.2. The third-order valence-electron chi connectivity index (χ3n) is 4.66. The minimum absolute atomic E-state index is 0.0443. The number of nitrogens with two attached hydrogens (primary N) is 1. The molecule has 6 N–H and O–H groups in total. The highest BCUT2D eigenvalue weighted by atomic mass is 16.5. The Labute approximate surface area is 131 Å². The molecule has 0 amide bonds. The number of carbonyl (C=O) groups is 1. The number of esters is 1. The summed E-state index contributed by atoms with van der Waals surface area (Å²) in [7, 11) is 1.32. The van der Waals surface area contributed by atoms with Crippen LogP contribution in [0.15, 0.2) is 0 Å². The Balaban J connectivity index is 1.88. The second kappa shape index (κ2) is 8.21. The van der Waals surface area contributed by atoms with Gasteiger partial charge in [0, 0.05) is 12.0 Å². The number of nitrogens with one attached hydrogen (secondary N) is 2. The molecule has 0 aromatic rings. The zero-order valence-corrected chi connectivity index (χ0v) is 13.2. The van der Waals surface area contributed by atoms with Gasteiger partial charge in [0.1, 0.15) is 18.5 Å². The first kappa shape index (κ1) is 17.6. The maximum atomic E-state index is 11.9. The second-order valence-corrected chi connectivity index (χ2v) is 6.57. The normalized spacial score (nSPS) is 29.6. The molecule has 1 saturated heterocycles. The Morgan fingerprint density at radius 3 is 2.73 bits per heavy atom. The lowest BCUT2D eigenvalue weighted by molar-refractivity contribution is -0.145. The molecule has 2 aliphatic rings. The van der Waals surface area contributed by atoms with E-state index < -0.39 is 30.5 Å². The molecular weight excluding hydrogens is 286 g/mol. The van der Waals surface area contributed by atoms with E-state index in [4.69, 9.17) is 10.5 Å². The van der Waals surface area contributed by atoms with Crippen LogP contribution in [0.1, 0.15) is 38.5 Å². The van der Waals surface area contributed by atoms with E-state index >= 15 is 0 Å². The maximum Gasteiger partial charge on any atom is 0.322 e. The van der Waals surface area contributed by atoms with E-state index in [1.807, 2.05) is 0 Å². The van der Waals surface area contributed by atoms with Crippen LogP contribution in [0.25, 0.3) is 0 Å². The van der Waals surface area contributed by atoms with Gasteiger partial charge in [-0.15, -0.1) is 0 Å². The molecule has 2 rings (SSSR count). The van der Waals surface area contributed by atoms with Crippen LogP contribution in [-0.2, 0) is 9.53 Å². The van der Waals surface area contributed by atoms with E-state index in [2.05, 4.69) is 10.6 Å². The summed E-state index contributed by atoms with van der Waals surface area (Å²) < 4.78 is 4.81. The molecule has 7 nitrogen and oxygen atoms in total. The first-order valence-electron chi connectivity index (χ1n) is 8.20. The minimum Gasteiger partial charge on any atom is -0.468 e. The van der Waals surface area contributed by atoms with Gasteiger partial charge in [0.05, 0.1) is 7.11 Å². The molecule has 2 unspecified atom stereocenters. The minimum atomic E-state index is -0.946. The fourth-order valence-electron chi connectivity index (χ4n) is 3.06. The van der Waals surface area contributed by atoms with Gasteiger partial charge in [0.15, 0.2) is 0 Å². The molecule has 1 aliphatic carbocycles. The van der Waals surface area contributed by atoms with E-state index in [0.29, 0.717) is 12.3 Å². The summed E-state index contributed by atoms with van der Waals surface area (Å²) in [6.07, 6.45) is 3.73. The third kappa shape index (κ3) is 5.17. The van der Waals surface area contributed by atoms with Crippen molar-refractivity contribution >= 4 is 5.97 Å². The SMILES string of the molecule is COC(=O)[C@H](C[C@@H]1CCCNC1O)NC(O)[C@@H](N)CC1CC1. The van der Waals surface area contributed by atoms with Gasteiger partial charge in [0.25, 0.3) is 0 Å². The number of aliphatic hydroxyl groups is 2. The van der Waals surface area contributed by atoms with Crippen LogP contribution in [0.5, 0.6) is 0 Å². The quantitative estimate of drug-likeness (QED) is 0.296. The Morgan fingerprint density at radius 2 is 2.14 bits per heavy atom. The maximum absolute atomic E-state index is 11.9. The molecule has 7 heteroatoms. The van der Waals surface area contributed by atoms with E-state index in [-0.39, 0.29) is 5.92 Å². The highest BCUT2D eigenvalue weighted by Crippen LogP contribution is 2.33. The number of piperidine rings is 1. The summed E-state index contributed by atoms with van der Waals surface area (Å²) in [4.78, 5) is 11.9. The van der Waals surface area contributed by atoms with Gasteiger partial charge in [-0.05, 0) is 38.1 Å². The largest absolute Gasteiger partial charge is 0.468 e. The van der Waals surface area contributed by atoms with Crippen molar-refractivity contribution in [2.75, 3.05) is 13.7 Å². The molecule has 5 atom stereocenters. The van der Waals surface area contributed by atoms with Gasteiger partial charge < -0.3 is 20.7 Å².